The molecule has 0 bridgehead atoms. The fourth-order valence-electron chi connectivity index (χ4n) is 3.66. The Morgan fingerprint density at radius 1 is 1.10 bits per heavy atom. The first-order chi connectivity index (χ1) is 14.5. The number of aromatic nitrogens is 1. The molecule has 0 N–H and O–H groups in total. The third-order valence-corrected chi connectivity index (χ3v) is 6.56. The molecule has 0 unspecified atom stereocenters. The predicted octanol–water partition coefficient (Wildman–Crippen LogP) is 6.37. The molecule has 1 atom stereocenters. The molecule has 0 spiro atoms. The lowest BCUT2D eigenvalue weighted by Crippen LogP contribution is -2.36. The van der Waals surface area contributed by atoms with Crippen LogP contribution in [0.5, 0.6) is 0 Å². The van der Waals surface area contributed by atoms with Crippen LogP contribution in [0, 0.1) is 6.92 Å². The summed E-state index contributed by atoms with van der Waals surface area (Å²) in [4.78, 5) is 20.7. The van der Waals surface area contributed by atoms with Crippen molar-refractivity contribution < 1.29 is 4.79 Å². The maximum absolute atomic E-state index is 13.3. The minimum absolute atomic E-state index is 0.0357. The molecule has 4 nitrogen and oxygen atoms in total. The van der Waals surface area contributed by atoms with Gasteiger partial charge in [0.1, 0.15) is 0 Å². The van der Waals surface area contributed by atoms with Crippen LogP contribution in [0.25, 0.3) is 17.0 Å². The van der Waals surface area contributed by atoms with Crippen LogP contribution in [-0.4, -0.2) is 26.6 Å². The Kier molecular flexibility index (Phi) is 5.82. The van der Waals surface area contributed by atoms with Crippen molar-refractivity contribution in [3.05, 3.63) is 70.8 Å². The van der Waals surface area contributed by atoms with Crippen LogP contribution in [0.3, 0.4) is 0 Å². The molecule has 1 aromatic heterocycles. The monoisotopic (exact) mass is 417 g/mol. The summed E-state index contributed by atoms with van der Waals surface area (Å²) in [6, 6.07) is 16.5. The SMILES string of the molecule is CC[C@@H](C)N1C(=O)/C(=C\c2cn(CC)c3ccccc23)SC1=Nc1ccc(C)cc1. The molecule has 0 radical (unpaired) electrons. The first-order valence-electron chi connectivity index (χ1n) is 10.5. The van der Waals surface area contributed by atoms with Crippen molar-refractivity contribution in [3.8, 4) is 0 Å². The van der Waals surface area contributed by atoms with E-state index in [-0.39, 0.29) is 11.9 Å². The number of hydrogen-bond acceptors (Lipinski definition) is 3. The Hall–Kier alpha value is -2.79. The Morgan fingerprint density at radius 3 is 2.53 bits per heavy atom. The number of carbonyl (C=O) groups is 1. The van der Waals surface area contributed by atoms with E-state index >= 15 is 0 Å². The fraction of sp³-hybridized carbons (Fsp3) is 0.280. The van der Waals surface area contributed by atoms with Crippen molar-refractivity contribution in [1.29, 1.82) is 0 Å². The third kappa shape index (κ3) is 3.82. The highest BCUT2D eigenvalue weighted by molar-refractivity contribution is 8.18. The number of thioether (sulfide) groups is 1. The number of nitrogens with zero attached hydrogens (tertiary/aromatic N) is 3. The fourth-order valence-corrected chi connectivity index (χ4v) is 4.74. The maximum atomic E-state index is 13.3. The molecule has 3 aromatic rings. The number of benzene rings is 2. The number of amides is 1. The van der Waals surface area contributed by atoms with Gasteiger partial charge in [-0.3, -0.25) is 9.69 Å². The van der Waals surface area contributed by atoms with E-state index < -0.39 is 0 Å². The molecule has 154 valence electrons. The minimum atomic E-state index is 0.0357. The summed E-state index contributed by atoms with van der Waals surface area (Å²) in [7, 11) is 0. The van der Waals surface area contributed by atoms with E-state index in [1.807, 2.05) is 41.3 Å². The smallest absolute Gasteiger partial charge is 0.267 e. The molecule has 4 rings (SSSR count). The Balaban J connectivity index is 1.76. The lowest BCUT2D eigenvalue weighted by Gasteiger charge is -2.22. The van der Waals surface area contributed by atoms with Gasteiger partial charge in [-0.1, -0.05) is 42.8 Å². The molecule has 0 aliphatic carbocycles. The molecule has 2 heterocycles. The van der Waals surface area contributed by atoms with Gasteiger partial charge in [0.05, 0.1) is 10.6 Å². The van der Waals surface area contributed by atoms with Crippen LogP contribution in [0.1, 0.15) is 38.3 Å². The second-order valence-corrected chi connectivity index (χ2v) is 8.67. The molecule has 1 amide bonds. The Morgan fingerprint density at radius 2 is 1.83 bits per heavy atom. The van der Waals surface area contributed by atoms with Gasteiger partial charge >= 0.3 is 0 Å². The lowest BCUT2D eigenvalue weighted by atomic mass is 10.1. The number of rotatable bonds is 5. The van der Waals surface area contributed by atoms with E-state index in [4.69, 9.17) is 4.99 Å². The van der Waals surface area contributed by atoms with Gasteiger partial charge < -0.3 is 4.57 Å². The van der Waals surface area contributed by atoms with Crippen molar-refractivity contribution in [3.63, 3.8) is 0 Å². The van der Waals surface area contributed by atoms with Gasteiger partial charge in [-0.15, -0.1) is 0 Å². The molecule has 5 heteroatoms. The van der Waals surface area contributed by atoms with E-state index in [0.717, 1.165) is 34.3 Å². The van der Waals surface area contributed by atoms with Gasteiger partial charge in [0.25, 0.3) is 5.91 Å². The Bertz CT molecular complexity index is 1140. The normalized spacial score (nSPS) is 18.1. The summed E-state index contributed by atoms with van der Waals surface area (Å²) in [5, 5.41) is 1.92. The highest BCUT2D eigenvalue weighted by Crippen LogP contribution is 2.37. The predicted molar refractivity (Wildman–Crippen MR) is 128 cm³/mol. The highest BCUT2D eigenvalue weighted by atomic mass is 32.2. The zero-order valence-corrected chi connectivity index (χ0v) is 18.7. The number of fused-ring (bicyclic) bond motifs is 1. The van der Waals surface area contributed by atoms with E-state index in [9.17, 15) is 4.79 Å². The quantitative estimate of drug-likeness (QED) is 0.452. The maximum Gasteiger partial charge on any atom is 0.267 e. The van der Waals surface area contributed by atoms with Gasteiger partial charge in [0.2, 0.25) is 0 Å². The van der Waals surface area contributed by atoms with Crippen LogP contribution in [0.2, 0.25) is 0 Å². The molecule has 0 saturated carbocycles. The third-order valence-electron chi connectivity index (χ3n) is 5.57. The number of para-hydroxylation sites is 1. The highest BCUT2D eigenvalue weighted by Gasteiger charge is 2.36. The zero-order chi connectivity index (χ0) is 21.3. The molecule has 1 saturated heterocycles. The number of hydrogen-bond donors (Lipinski definition) is 0. The average Bonchev–Trinajstić information content (AvgIpc) is 3.27. The van der Waals surface area contributed by atoms with Crippen LogP contribution in [0.4, 0.5) is 5.69 Å². The first-order valence-corrected chi connectivity index (χ1v) is 11.3. The van der Waals surface area contributed by atoms with Gasteiger partial charge in [-0.25, -0.2) is 4.99 Å². The van der Waals surface area contributed by atoms with Crippen molar-refractivity contribution in [2.75, 3.05) is 0 Å². The minimum Gasteiger partial charge on any atom is -0.347 e. The van der Waals surface area contributed by atoms with Crippen LogP contribution < -0.4 is 0 Å². The van der Waals surface area contributed by atoms with Crippen LogP contribution in [0.15, 0.2) is 64.6 Å². The summed E-state index contributed by atoms with van der Waals surface area (Å²) in [6.45, 7) is 9.27. The van der Waals surface area contributed by atoms with Gasteiger partial charge in [-0.2, -0.15) is 0 Å². The second-order valence-electron chi connectivity index (χ2n) is 7.66. The largest absolute Gasteiger partial charge is 0.347 e. The van der Waals surface area contributed by atoms with E-state index in [2.05, 4.69) is 56.7 Å². The molecular formula is C25H27N3OS. The van der Waals surface area contributed by atoms with Gasteiger partial charge in [0, 0.05) is 35.2 Å². The van der Waals surface area contributed by atoms with E-state index in [0.29, 0.717) is 0 Å². The summed E-state index contributed by atoms with van der Waals surface area (Å²) in [6.07, 6.45) is 5.03. The standard InChI is InChI=1S/C25H27N3OS/c1-5-18(4)28-24(29)23(30-25(28)26-20-13-11-17(3)12-14-20)15-19-16-27(6-2)22-10-8-7-9-21(19)22/h7-16,18H,5-6H2,1-4H3/b23-15+,26-25?/t18-/m1/s1. The summed E-state index contributed by atoms with van der Waals surface area (Å²) in [5.74, 6) is 0.0357. The molecule has 1 aliphatic rings. The number of aryl methyl sites for hydroxylation is 2. The summed E-state index contributed by atoms with van der Waals surface area (Å²) >= 11 is 1.47. The summed E-state index contributed by atoms with van der Waals surface area (Å²) < 4.78 is 2.22. The summed E-state index contributed by atoms with van der Waals surface area (Å²) in [5.41, 5.74) is 4.33. The van der Waals surface area contributed by atoms with Crippen molar-refractivity contribution >= 4 is 45.5 Å². The van der Waals surface area contributed by atoms with E-state index in [1.165, 1.54) is 28.2 Å². The molecular weight excluding hydrogens is 390 g/mol. The van der Waals surface area contributed by atoms with Crippen LogP contribution >= 0.6 is 11.8 Å². The topological polar surface area (TPSA) is 37.6 Å². The number of amidine groups is 1. The first kappa shape index (κ1) is 20.5. The number of carbonyl (C=O) groups excluding carboxylic acids is 1. The lowest BCUT2D eigenvalue weighted by molar-refractivity contribution is -0.123. The van der Waals surface area contributed by atoms with Crippen molar-refractivity contribution in [2.45, 2.75) is 46.7 Å². The Labute approximate surface area is 182 Å². The number of aliphatic imine (C=N–C) groups is 1. The second kappa shape index (κ2) is 8.52. The van der Waals surface area contributed by atoms with Gasteiger partial charge in [0.15, 0.2) is 5.17 Å². The molecule has 1 fully saturated rings. The van der Waals surface area contributed by atoms with E-state index in [1.54, 1.807) is 0 Å². The zero-order valence-electron chi connectivity index (χ0n) is 17.9. The van der Waals surface area contributed by atoms with Gasteiger partial charge in [-0.05, 0) is 63.2 Å². The molecule has 2 aromatic carbocycles. The van der Waals surface area contributed by atoms with Crippen molar-refractivity contribution in [2.24, 2.45) is 4.99 Å². The van der Waals surface area contributed by atoms with Crippen molar-refractivity contribution in [1.82, 2.24) is 9.47 Å². The molecule has 1 aliphatic heterocycles. The molecule has 30 heavy (non-hydrogen) atoms. The van der Waals surface area contributed by atoms with Crippen LogP contribution in [-0.2, 0) is 11.3 Å². The average molecular weight is 418 g/mol.